The fourth-order valence-electron chi connectivity index (χ4n) is 2.94. The molecule has 1 saturated carbocycles. The topological polar surface area (TPSA) is 59.0 Å². The number of hydrogen-bond acceptors (Lipinski definition) is 2. The quantitative estimate of drug-likeness (QED) is 0.883. The molecular formula is C17H21ClN4O. The van der Waals surface area contributed by atoms with Gasteiger partial charge < -0.3 is 10.6 Å². The molecule has 0 radical (unpaired) electrons. The molecule has 1 aromatic carbocycles. The van der Waals surface area contributed by atoms with Gasteiger partial charge in [0.2, 0.25) is 0 Å². The van der Waals surface area contributed by atoms with Gasteiger partial charge in [-0.1, -0.05) is 18.5 Å². The number of urea groups is 1. The van der Waals surface area contributed by atoms with E-state index in [1.54, 1.807) is 16.9 Å². The van der Waals surface area contributed by atoms with Crippen LogP contribution in [0.2, 0.25) is 5.02 Å². The lowest BCUT2D eigenvalue weighted by Gasteiger charge is -2.26. The number of aromatic nitrogens is 2. The lowest BCUT2D eigenvalue weighted by atomic mass is 9.87. The second kappa shape index (κ2) is 7.04. The summed E-state index contributed by atoms with van der Waals surface area (Å²) < 4.78 is 1.69. The van der Waals surface area contributed by atoms with Crippen molar-refractivity contribution in [3.63, 3.8) is 0 Å². The van der Waals surface area contributed by atoms with Crippen LogP contribution in [0, 0.1) is 5.92 Å². The highest BCUT2D eigenvalue weighted by Gasteiger charge is 2.19. The zero-order valence-corrected chi connectivity index (χ0v) is 13.9. The third kappa shape index (κ3) is 4.05. The summed E-state index contributed by atoms with van der Waals surface area (Å²) in [6.45, 7) is 2.26. The standard InChI is InChI=1S/C17H21ClN4O/c1-12-3-5-13(6-4-12)20-17(23)21-14-7-8-16(15(18)11-14)22-10-2-9-19-22/h2,7-13H,3-6H2,1H3,(H2,20,21,23). The fraction of sp³-hybridized carbons (Fsp3) is 0.412. The van der Waals surface area contributed by atoms with Crippen LogP contribution in [-0.4, -0.2) is 21.9 Å². The number of hydrogen-bond donors (Lipinski definition) is 2. The number of benzene rings is 1. The van der Waals surface area contributed by atoms with Crippen molar-refractivity contribution in [2.24, 2.45) is 5.92 Å². The number of nitrogens with zero attached hydrogens (tertiary/aromatic N) is 2. The molecule has 122 valence electrons. The Hall–Kier alpha value is -2.01. The van der Waals surface area contributed by atoms with Gasteiger partial charge in [-0.25, -0.2) is 9.48 Å². The summed E-state index contributed by atoms with van der Waals surface area (Å²) in [4.78, 5) is 12.1. The van der Waals surface area contributed by atoms with E-state index in [0.717, 1.165) is 24.4 Å². The number of anilines is 1. The van der Waals surface area contributed by atoms with Crippen molar-refractivity contribution >= 4 is 23.3 Å². The lowest BCUT2D eigenvalue weighted by Crippen LogP contribution is -2.39. The SMILES string of the molecule is CC1CCC(NC(=O)Nc2ccc(-n3cccn3)c(Cl)c2)CC1. The van der Waals surface area contributed by atoms with E-state index in [2.05, 4.69) is 22.7 Å². The number of carbonyl (C=O) groups is 1. The number of carbonyl (C=O) groups excluding carboxylic acids is 1. The van der Waals surface area contributed by atoms with Crippen molar-refractivity contribution in [3.05, 3.63) is 41.7 Å². The summed E-state index contributed by atoms with van der Waals surface area (Å²) in [6, 6.07) is 7.33. The molecular weight excluding hydrogens is 312 g/mol. The van der Waals surface area contributed by atoms with Crippen molar-refractivity contribution in [1.29, 1.82) is 0 Å². The van der Waals surface area contributed by atoms with Gasteiger partial charge in [-0.2, -0.15) is 5.10 Å². The van der Waals surface area contributed by atoms with Crippen molar-refractivity contribution in [2.45, 2.75) is 38.6 Å². The van der Waals surface area contributed by atoms with Gasteiger partial charge in [-0.05, 0) is 55.9 Å². The molecule has 23 heavy (non-hydrogen) atoms. The second-order valence-corrected chi connectivity index (χ2v) is 6.58. The molecule has 1 aromatic heterocycles. The Morgan fingerprint density at radius 2 is 2.09 bits per heavy atom. The van der Waals surface area contributed by atoms with E-state index in [0.29, 0.717) is 10.7 Å². The minimum Gasteiger partial charge on any atom is -0.335 e. The molecule has 3 rings (SSSR count). The number of rotatable bonds is 3. The Bertz CT molecular complexity index is 663. The van der Waals surface area contributed by atoms with E-state index in [1.165, 1.54) is 12.8 Å². The molecule has 1 aliphatic rings. The van der Waals surface area contributed by atoms with Gasteiger partial charge in [0, 0.05) is 24.1 Å². The molecule has 2 aromatic rings. The highest BCUT2D eigenvalue weighted by atomic mass is 35.5. The third-order valence-corrected chi connectivity index (χ3v) is 4.61. The average Bonchev–Trinajstić information content (AvgIpc) is 3.04. The first kappa shape index (κ1) is 15.9. The van der Waals surface area contributed by atoms with Gasteiger partial charge in [0.1, 0.15) is 0 Å². The number of amides is 2. The maximum absolute atomic E-state index is 12.1. The summed E-state index contributed by atoms with van der Waals surface area (Å²) >= 11 is 6.28. The minimum atomic E-state index is -0.174. The van der Waals surface area contributed by atoms with Gasteiger partial charge in [0.25, 0.3) is 0 Å². The van der Waals surface area contributed by atoms with E-state index >= 15 is 0 Å². The molecule has 0 unspecified atom stereocenters. The third-order valence-electron chi connectivity index (χ3n) is 4.31. The number of halogens is 1. The first-order valence-electron chi connectivity index (χ1n) is 7.99. The summed E-state index contributed by atoms with van der Waals surface area (Å²) in [7, 11) is 0. The lowest BCUT2D eigenvalue weighted by molar-refractivity contribution is 0.239. The molecule has 1 aliphatic carbocycles. The van der Waals surface area contributed by atoms with E-state index in [-0.39, 0.29) is 12.1 Å². The predicted molar refractivity (Wildman–Crippen MR) is 92.1 cm³/mol. The Morgan fingerprint density at radius 3 is 2.74 bits per heavy atom. The van der Waals surface area contributed by atoms with Gasteiger partial charge in [0.15, 0.2) is 0 Å². The largest absolute Gasteiger partial charge is 0.335 e. The predicted octanol–water partition coefficient (Wildman–Crippen LogP) is 4.23. The molecule has 1 fully saturated rings. The van der Waals surface area contributed by atoms with E-state index < -0.39 is 0 Å². The molecule has 1 heterocycles. The van der Waals surface area contributed by atoms with Crippen molar-refractivity contribution in [3.8, 4) is 5.69 Å². The summed E-state index contributed by atoms with van der Waals surface area (Å²) in [5, 5.41) is 10.6. The van der Waals surface area contributed by atoms with Gasteiger partial charge in [0.05, 0.1) is 10.7 Å². The van der Waals surface area contributed by atoms with Gasteiger partial charge >= 0.3 is 6.03 Å². The molecule has 5 nitrogen and oxygen atoms in total. The molecule has 6 heteroatoms. The summed E-state index contributed by atoms with van der Waals surface area (Å²) in [5.41, 5.74) is 1.46. The Balaban J connectivity index is 1.59. The molecule has 0 bridgehead atoms. The Labute approximate surface area is 141 Å². The van der Waals surface area contributed by atoms with Crippen LogP contribution in [0.4, 0.5) is 10.5 Å². The molecule has 2 amide bonds. The van der Waals surface area contributed by atoms with E-state index in [1.807, 2.05) is 24.4 Å². The second-order valence-electron chi connectivity index (χ2n) is 6.17. The Kier molecular flexibility index (Phi) is 4.86. The Morgan fingerprint density at radius 1 is 1.30 bits per heavy atom. The van der Waals surface area contributed by atoms with Crippen molar-refractivity contribution in [2.75, 3.05) is 5.32 Å². The molecule has 0 spiro atoms. The highest BCUT2D eigenvalue weighted by molar-refractivity contribution is 6.32. The maximum Gasteiger partial charge on any atom is 0.319 e. The monoisotopic (exact) mass is 332 g/mol. The average molecular weight is 333 g/mol. The van der Waals surface area contributed by atoms with Crippen LogP contribution in [-0.2, 0) is 0 Å². The van der Waals surface area contributed by atoms with Crippen LogP contribution in [0.25, 0.3) is 5.69 Å². The van der Waals surface area contributed by atoms with Crippen LogP contribution in [0.3, 0.4) is 0 Å². The fourth-order valence-corrected chi connectivity index (χ4v) is 3.21. The maximum atomic E-state index is 12.1. The van der Waals surface area contributed by atoms with Crippen LogP contribution in [0.5, 0.6) is 0 Å². The first-order chi connectivity index (χ1) is 11.1. The minimum absolute atomic E-state index is 0.174. The normalized spacial score (nSPS) is 21.0. The number of nitrogens with one attached hydrogen (secondary N) is 2. The van der Waals surface area contributed by atoms with Crippen molar-refractivity contribution in [1.82, 2.24) is 15.1 Å². The van der Waals surface area contributed by atoms with Gasteiger partial charge in [-0.15, -0.1) is 0 Å². The highest BCUT2D eigenvalue weighted by Crippen LogP contribution is 2.25. The zero-order chi connectivity index (χ0) is 16.2. The van der Waals surface area contributed by atoms with Crippen LogP contribution >= 0.6 is 11.6 Å². The summed E-state index contributed by atoms with van der Waals surface area (Å²) in [6.07, 6.45) is 7.97. The van der Waals surface area contributed by atoms with Crippen LogP contribution < -0.4 is 10.6 Å². The molecule has 0 saturated heterocycles. The van der Waals surface area contributed by atoms with Crippen LogP contribution in [0.15, 0.2) is 36.7 Å². The van der Waals surface area contributed by atoms with E-state index in [4.69, 9.17) is 11.6 Å². The van der Waals surface area contributed by atoms with E-state index in [9.17, 15) is 4.79 Å². The zero-order valence-electron chi connectivity index (χ0n) is 13.1. The molecule has 2 N–H and O–H groups in total. The molecule has 0 aliphatic heterocycles. The van der Waals surface area contributed by atoms with Crippen LogP contribution in [0.1, 0.15) is 32.6 Å². The van der Waals surface area contributed by atoms with Crippen molar-refractivity contribution < 1.29 is 4.79 Å². The first-order valence-corrected chi connectivity index (χ1v) is 8.36. The molecule has 0 atom stereocenters. The smallest absolute Gasteiger partial charge is 0.319 e. The van der Waals surface area contributed by atoms with Gasteiger partial charge in [-0.3, -0.25) is 0 Å². The summed E-state index contributed by atoms with van der Waals surface area (Å²) in [5.74, 6) is 0.768.